The van der Waals surface area contributed by atoms with Crippen LogP contribution >= 0.6 is 11.8 Å². The number of thioether (sulfide) groups is 1. The Labute approximate surface area is 120 Å². The van der Waals surface area contributed by atoms with Gasteiger partial charge < -0.3 is 9.64 Å². The fourth-order valence-electron chi connectivity index (χ4n) is 1.77. The number of nitriles is 1. The van der Waals surface area contributed by atoms with Crippen LogP contribution in [0.5, 0.6) is 0 Å². The zero-order valence-corrected chi connectivity index (χ0v) is 13.0. The Morgan fingerprint density at radius 3 is 2.74 bits per heavy atom. The van der Waals surface area contributed by atoms with Crippen molar-refractivity contribution in [3.63, 3.8) is 0 Å². The molecular formula is C15H22N2OS. The molecule has 0 fully saturated rings. The Bertz CT molecular complexity index is 440. The highest BCUT2D eigenvalue weighted by atomic mass is 32.2. The molecule has 0 spiro atoms. The van der Waals surface area contributed by atoms with Crippen molar-refractivity contribution in [2.45, 2.75) is 31.8 Å². The quantitative estimate of drug-likeness (QED) is 0.715. The zero-order valence-electron chi connectivity index (χ0n) is 12.1. The Hall–Kier alpha value is -1.18. The van der Waals surface area contributed by atoms with Gasteiger partial charge in [-0.3, -0.25) is 0 Å². The van der Waals surface area contributed by atoms with Crippen LogP contribution in [-0.2, 0) is 4.74 Å². The highest BCUT2D eigenvalue weighted by molar-refractivity contribution is 7.99. The maximum absolute atomic E-state index is 9.37. The van der Waals surface area contributed by atoms with Gasteiger partial charge >= 0.3 is 0 Å². The Kier molecular flexibility index (Phi) is 6.75. The molecule has 104 valence electrons. The van der Waals surface area contributed by atoms with E-state index in [1.54, 1.807) is 11.8 Å². The van der Waals surface area contributed by atoms with Gasteiger partial charge in [0.1, 0.15) is 6.07 Å². The molecule has 19 heavy (non-hydrogen) atoms. The van der Waals surface area contributed by atoms with E-state index in [9.17, 15) is 5.26 Å². The van der Waals surface area contributed by atoms with Gasteiger partial charge in [0.25, 0.3) is 0 Å². The number of hydrogen-bond donors (Lipinski definition) is 0. The van der Waals surface area contributed by atoms with E-state index in [4.69, 9.17) is 4.74 Å². The second-order valence-electron chi connectivity index (χ2n) is 4.54. The lowest BCUT2D eigenvalue weighted by Crippen LogP contribution is -2.24. The van der Waals surface area contributed by atoms with Crippen LogP contribution in [0, 0.1) is 11.3 Å². The summed E-state index contributed by atoms with van der Waals surface area (Å²) in [6.07, 6.45) is 0.241. The second kappa shape index (κ2) is 8.08. The number of nitrogens with zero attached hydrogens (tertiary/aromatic N) is 2. The summed E-state index contributed by atoms with van der Waals surface area (Å²) in [5.41, 5.74) is 1.75. The lowest BCUT2D eigenvalue weighted by molar-refractivity contribution is 0.0846. The third-order valence-electron chi connectivity index (χ3n) is 2.71. The average Bonchev–Trinajstić information content (AvgIpc) is 2.38. The molecule has 0 amide bonds. The maximum atomic E-state index is 9.37. The van der Waals surface area contributed by atoms with Gasteiger partial charge in [-0.15, -0.1) is 11.8 Å². The molecule has 0 aliphatic rings. The lowest BCUT2D eigenvalue weighted by atomic mass is 10.2. The Morgan fingerprint density at radius 2 is 2.16 bits per heavy atom. The van der Waals surface area contributed by atoms with Gasteiger partial charge in [0.05, 0.1) is 24.0 Å². The average molecular weight is 278 g/mol. The van der Waals surface area contributed by atoms with Crippen molar-refractivity contribution in [1.82, 2.24) is 0 Å². The summed E-state index contributed by atoms with van der Waals surface area (Å²) < 4.78 is 5.56. The van der Waals surface area contributed by atoms with Crippen LogP contribution in [0.1, 0.15) is 26.3 Å². The number of likely N-dealkylation sites (N-methyl/N-ethyl adjacent to an activating group) is 1. The molecule has 0 saturated carbocycles. The van der Waals surface area contributed by atoms with Gasteiger partial charge in [0.2, 0.25) is 0 Å². The maximum Gasteiger partial charge on any atom is 0.103 e. The summed E-state index contributed by atoms with van der Waals surface area (Å²) in [6.45, 7) is 7.61. The van der Waals surface area contributed by atoms with Crippen molar-refractivity contribution < 1.29 is 4.74 Å². The van der Waals surface area contributed by atoms with E-state index in [-0.39, 0.29) is 6.10 Å². The van der Waals surface area contributed by atoms with Crippen molar-refractivity contribution >= 4 is 17.4 Å². The number of hydrogen-bond acceptors (Lipinski definition) is 4. The first-order valence-electron chi connectivity index (χ1n) is 6.58. The summed E-state index contributed by atoms with van der Waals surface area (Å²) >= 11 is 1.71. The first-order valence-corrected chi connectivity index (χ1v) is 7.57. The summed E-state index contributed by atoms with van der Waals surface area (Å²) in [4.78, 5) is 3.14. The Balaban J connectivity index is 2.81. The van der Waals surface area contributed by atoms with Crippen LogP contribution in [0.25, 0.3) is 0 Å². The number of ether oxygens (including phenoxy) is 1. The molecule has 1 rings (SSSR count). The molecule has 0 unspecified atom stereocenters. The molecule has 1 aromatic carbocycles. The van der Waals surface area contributed by atoms with Gasteiger partial charge in [-0.05, 0) is 31.7 Å². The molecule has 0 aromatic heterocycles. The monoisotopic (exact) mass is 278 g/mol. The topological polar surface area (TPSA) is 36.3 Å². The number of anilines is 1. The normalized spacial score (nSPS) is 10.5. The summed E-state index contributed by atoms with van der Waals surface area (Å²) in [5, 5.41) is 9.37. The van der Waals surface area contributed by atoms with Crippen LogP contribution in [-0.4, -0.2) is 32.1 Å². The minimum absolute atomic E-state index is 0.241. The van der Waals surface area contributed by atoms with Crippen LogP contribution in [0.3, 0.4) is 0 Å². The fraction of sp³-hybridized carbons (Fsp3) is 0.533. The van der Waals surface area contributed by atoms with E-state index in [2.05, 4.69) is 17.9 Å². The molecule has 0 aliphatic carbocycles. The van der Waals surface area contributed by atoms with Gasteiger partial charge in [-0.1, -0.05) is 13.0 Å². The van der Waals surface area contributed by atoms with Crippen molar-refractivity contribution in [3.05, 3.63) is 23.8 Å². The van der Waals surface area contributed by atoms with Crippen LogP contribution < -0.4 is 4.90 Å². The van der Waals surface area contributed by atoms with Crippen molar-refractivity contribution in [2.75, 3.05) is 30.9 Å². The third-order valence-corrected chi connectivity index (χ3v) is 3.64. The highest BCUT2D eigenvalue weighted by Crippen LogP contribution is 2.29. The fourth-order valence-corrected chi connectivity index (χ4v) is 2.55. The molecular weight excluding hydrogens is 256 g/mol. The largest absolute Gasteiger partial charge is 0.377 e. The second-order valence-corrected chi connectivity index (χ2v) is 5.84. The lowest BCUT2D eigenvalue weighted by Gasteiger charge is -2.22. The number of benzene rings is 1. The molecule has 4 heteroatoms. The first-order chi connectivity index (χ1) is 9.10. The van der Waals surface area contributed by atoms with E-state index < -0.39 is 0 Å². The standard InChI is InChI=1S/C15H22N2OS/c1-5-19-15-8-6-7-14(13(15)11-16)17(4)9-10-18-12(2)3/h6-8,12H,5,9-10H2,1-4H3. The minimum atomic E-state index is 0.241. The molecule has 0 atom stereocenters. The summed E-state index contributed by atoms with van der Waals surface area (Å²) in [7, 11) is 2.00. The first kappa shape index (κ1) is 15.9. The Morgan fingerprint density at radius 1 is 1.42 bits per heavy atom. The molecule has 0 aliphatic heterocycles. The van der Waals surface area contributed by atoms with E-state index in [1.807, 2.05) is 39.1 Å². The van der Waals surface area contributed by atoms with Crippen molar-refractivity contribution in [3.8, 4) is 6.07 Å². The van der Waals surface area contributed by atoms with Gasteiger partial charge in [0, 0.05) is 18.5 Å². The molecule has 0 bridgehead atoms. The van der Waals surface area contributed by atoms with Gasteiger partial charge in [-0.25, -0.2) is 0 Å². The van der Waals surface area contributed by atoms with Gasteiger partial charge in [-0.2, -0.15) is 5.26 Å². The molecule has 1 aromatic rings. The van der Waals surface area contributed by atoms with E-state index >= 15 is 0 Å². The molecule has 0 N–H and O–H groups in total. The molecule has 0 heterocycles. The van der Waals surface area contributed by atoms with Gasteiger partial charge in [0.15, 0.2) is 0 Å². The zero-order chi connectivity index (χ0) is 14.3. The van der Waals surface area contributed by atoms with Crippen molar-refractivity contribution in [1.29, 1.82) is 5.26 Å². The number of rotatable bonds is 7. The third kappa shape index (κ3) is 4.77. The van der Waals surface area contributed by atoms with Crippen LogP contribution in [0.2, 0.25) is 0 Å². The van der Waals surface area contributed by atoms with Crippen LogP contribution in [0.4, 0.5) is 5.69 Å². The SMILES string of the molecule is CCSc1cccc(N(C)CCOC(C)C)c1C#N. The van der Waals surface area contributed by atoms with Crippen LogP contribution in [0.15, 0.2) is 23.1 Å². The van der Waals surface area contributed by atoms with E-state index in [0.717, 1.165) is 28.4 Å². The summed E-state index contributed by atoms with van der Waals surface area (Å²) in [6, 6.07) is 8.34. The minimum Gasteiger partial charge on any atom is -0.377 e. The summed E-state index contributed by atoms with van der Waals surface area (Å²) in [5.74, 6) is 0.971. The molecule has 3 nitrogen and oxygen atoms in total. The molecule has 0 saturated heterocycles. The van der Waals surface area contributed by atoms with E-state index in [1.165, 1.54) is 0 Å². The predicted molar refractivity (Wildman–Crippen MR) is 81.9 cm³/mol. The molecule has 0 radical (unpaired) electrons. The predicted octanol–water partition coefficient (Wildman–Crippen LogP) is 3.53. The van der Waals surface area contributed by atoms with Crippen molar-refractivity contribution in [2.24, 2.45) is 0 Å². The van der Waals surface area contributed by atoms with E-state index in [0.29, 0.717) is 6.61 Å². The smallest absolute Gasteiger partial charge is 0.103 e. The highest BCUT2D eigenvalue weighted by Gasteiger charge is 2.11.